The highest BCUT2D eigenvalue weighted by Gasteiger charge is 2.22. The minimum atomic E-state index is -1.10. The highest BCUT2D eigenvalue weighted by molar-refractivity contribution is 5.97. The Balaban J connectivity index is 2.12. The molecule has 6 nitrogen and oxygen atoms in total. The summed E-state index contributed by atoms with van der Waals surface area (Å²) in [4.78, 5) is 23.6. The molecule has 1 atom stereocenters. The summed E-state index contributed by atoms with van der Waals surface area (Å²) < 4.78 is 1.80. The lowest BCUT2D eigenvalue weighted by Gasteiger charge is -2.15. The summed E-state index contributed by atoms with van der Waals surface area (Å²) >= 11 is 0. The molecule has 1 amide bonds. The SMILES string of the molecule is Cc1c(C(=O)NC(Cc2ccc(O)cc2)C(=O)O)ccn1C. The molecule has 0 fully saturated rings. The van der Waals surface area contributed by atoms with Crippen LogP contribution in [-0.2, 0) is 18.3 Å². The van der Waals surface area contributed by atoms with E-state index in [2.05, 4.69) is 5.32 Å². The van der Waals surface area contributed by atoms with E-state index in [0.717, 1.165) is 11.3 Å². The molecule has 1 aromatic carbocycles. The number of rotatable bonds is 5. The summed E-state index contributed by atoms with van der Waals surface area (Å²) in [6, 6.07) is 6.85. The quantitative estimate of drug-likeness (QED) is 0.780. The van der Waals surface area contributed by atoms with Gasteiger partial charge in [0, 0.05) is 25.4 Å². The van der Waals surface area contributed by atoms with E-state index in [-0.39, 0.29) is 12.2 Å². The Kier molecular flexibility index (Phi) is 4.50. The van der Waals surface area contributed by atoms with Crippen molar-refractivity contribution in [2.24, 2.45) is 7.05 Å². The Morgan fingerprint density at radius 2 is 1.86 bits per heavy atom. The Labute approximate surface area is 128 Å². The average Bonchev–Trinajstić information content (AvgIpc) is 2.80. The summed E-state index contributed by atoms with van der Waals surface area (Å²) in [7, 11) is 1.82. The first-order chi connectivity index (χ1) is 10.4. The van der Waals surface area contributed by atoms with Gasteiger partial charge in [-0.15, -0.1) is 0 Å². The minimum Gasteiger partial charge on any atom is -0.508 e. The van der Waals surface area contributed by atoms with Crippen LogP contribution >= 0.6 is 0 Å². The lowest BCUT2D eigenvalue weighted by atomic mass is 10.1. The number of nitrogens with zero attached hydrogens (tertiary/aromatic N) is 1. The van der Waals surface area contributed by atoms with Crippen molar-refractivity contribution in [2.45, 2.75) is 19.4 Å². The highest BCUT2D eigenvalue weighted by atomic mass is 16.4. The van der Waals surface area contributed by atoms with E-state index in [4.69, 9.17) is 0 Å². The zero-order valence-electron chi connectivity index (χ0n) is 12.4. The van der Waals surface area contributed by atoms with Gasteiger partial charge in [-0.05, 0) is 30.7 Å². The van der Waals surface area contributed by atoms with Crippen molar-refractivity contribution in [1.29, 1.82) is 0 Å². The number of carboxylic acids is 1. The monoisotopic (exact) mass is 302 g/mol. The lowest BCUT2D eigenvalue weighted by Crippen LogP contribution is -2.42. The van der Waals surface area contributed by atoms with Gasteiger partial charge in [0.05, 0.1) is 5.56 Å². The maximum absolute atomic E-state index is 12.2. The first kappa shape index (κ1) is 15.6. The highest BCUT2D eigenvalue weighted by Crippen LogP contribution is 2.13. The molecule has 0 bridgehead atoms. The van der Waals surface area contributed by atoms with Gasteiger partial charge in [-0.2, -0.15) is 0 Å². The number of carboxylic acid groups (broad SMARTS) is 1. The first-order valence-corrected chi connectivity index (χ1v) is 6.82. The molecule has 1 aromatic heterocycles. The third-order valence-electron chi connectivity index (χ3n) is 3.61. The summed E-state index contributed by atoms with van der Waals surface area (Å²) in [6.07, 6.45) is 1.90. The molecular weight excluding hydrogens is 284 g/mol. The molecular formula is C16H18N2O4. The normalized spacial score (nSPS) is 11.9. The largest absolute Gasteiger partial charge is 0.508 e. The van der Waals surface area contributed by atoms with Crippen molar-refractivity contribution in [3.63, 3.8) is 0 Å². The molecule has 2 rings (SSSR count). The first-order valence-electron chi connectivity index (χ1n) is 6.82. The smallest absolute Gasteiger partial charge is 0.326 e. The number of carbonyl (C=O) groups is 2. The van der Waals surface area contributed by atoms with Crippen LogP contribution in [-0.4, -0.2) is 32.7 Å². The van der Waals surface area contributed by atoms with E-state index in [1.165, 1.54) is 12.1 Å². The van der Waals surface area contributed by atoms with Gasteiger partial charge in [0.2, 0.25) is 0 Å². The van der Waals surface area contributed by atoms with Crippen LogP contribution in [0.4, 0.5) is 0 Å². The Morgan fingerprint density at radius 1 is 1.23 bits per heavy atom. The molecule has 1 unspecified atom stereocenters. The van der Waals surface area contributed by atoms with Crippen molar-refractivity contribution < 1.29 is 19.8 Å². The van der Waals surface area contributed by atoms with Crippen molar-refractivity contribution in [1.82, 2.24) is 9.88 Å². The van der Waals surface area contributed by atoms with Gasteiger partial charge >= 0.3 is 5.97 Å². The van der Waals surface area contributed by atoms with Crippen LogP contribution in [0, 0.1) is 6.92 Å². The van der Waals surface area contributed by atoms with Crippen LogP contribution in [0.1, 0.15) is 21.6 Å². The third-order valence-corrected chi connectivity index (χ3v) is 3.61. The van der Waals surface area contributed by atoms with Crippen LogP contribution in [0.25, 0.3) is 0 Å². The molecule has 6 heteroatoms. The fourth-order valence-corrected chi connectivity index (χ4v) is 2.15. The van der Waals surface area contributed by atoms with Crippen LogP contribution in [0.2, 0.25) is 0 Å². The van der Waals surface area contributed by atoms with Crippen molar-refractivity contribution in [2.75, 3.05) is 0 Å². The van der Waals surface area contributed by atoms with Crippen molar-refractivity contribution in [3.8, 4) is 5.75 Å². The number of aromatic nitrogens is 1. The molecule has 0 saturated carbocycles. The number of carbonyl (C=O) groups excluding carboxylic acids is 1. The lowest BCUT2D eigenvalue weighted by molar-refractivity contribution is -0.139. The van der Waals surface area contributed by atoms with Gasteiger partial charge in [-0.1, -0.05) is 12.1 Å². The molecule has 116 valence electrons. The Hall–Kier alpha value is -2.76. The maximum atomic E-state index is 12.2. The number of phenolic OH excluding ortho intramolecular Hbond substituents is 1. The molecule has 0 aliphatic carbocycles. The molecule has 0 aliphatic rings. The van der Waals surface area contributed by atoms with Crippen LogP contribution < -0.4 is 5.32 Å². The van der Waals surface area contributed by atoms with Crippen molar-refractivity contribution >= 4 is 11.9 Å². The minimum absolute atomic E-state index is 0.111. The number of hydrogen-bond acceptors (Lipinski definition) is 3. The van der Waals surface area contributed by atoms with E-state index in [1.807, 2.05) is 7.05 Å². The number of aliphatic carboxylic acids is 1. The van der Waals surface area contributed by atoms with Gasteiger partial charge in [-0.3, -0.25) is 4.79 Å². The second-order valence-corrected chi connectivity index (χ2v) is 5.16. The second kappa shape index (κ2) is 6.34. The maximum Gasteiger partial charge on any atom is 0.326 e. The number of aryl methyl sites for hydroxylation is 1. The topological polar surface area (TPSA) is 91.6 Å². The number of hydrogen-bond donors (Lipinski definition) is 3. The van der Waals surface area contributed by atoms with Crippen LogP contribution in [0.3, 0.4) is 0 Å². The molecule has 2 aromatic rings. The molecule has 3 N–H and O–H groups in total. The third kappa shape index (κ3) is 3.46. The van der Waals surface area contributed by atoms with E-state index in [0.29, 0.717) is 5.56 Å². The fourth-order valence-electron chi connectivity index (χ4n) is 2.15. The zero-order valence-corrected chi connectivity index (χ0v) is 12.4. The summed E-state index contributed by atoms with van der Waals surface area (Å²) in [5.41, 5.74) is 1.95. The fraction of sp³-hybridized carbons (Fsp3) is 0.250. The van der Waals surface area contributed by atoms with E-state index in [1.54, 1.807) is 35.9 Å². The molecule has 0 spiro atoms. The van der Waals surface area contributed by atoms with Crippen molar-refractivity contribution in [3.05, 3.63) is 53.3 Å². The number of aromatic hydroxyl groups is 1. The molecule has 22 heavy (non-hydrogen) atoms. The average molecular weight is 302 g/mol. The van der Waals surface area contributed by atoms with Gasteiger partial charge in [0.1, 0.15) is 11.8 Å². The molecule has 0 saturated heterocycles. The summed E-state index contributed by atoms with van der Waals surface area (Å²) in [5, 5.41) is 21.1. The predicted octanol–water partition coefficient (Wildman–Crippen LogP) is 1.46. The standard InChI is InChI=1S/C16H18N2O4/c1-10-13(7-8-18(10)2)15(20)17-14(16(21)22)9-11-3-5-12(19)6-4-11/h3-8,14,19H,9H2,1-2H3,(H,17,20)(H,21,22). The van der Waals surface area contributed by atoms with Gasteiger partial charge in [-0.25, -0.2) is 4.79 Å². The Morgan fingerprint density at radius 3 is 2.36 bits per heavy atom. The van der Waals surface area contributed by atoms with Gasteiger partial charge < -0.3 is 20.1 Å². The number of phenols is 1. The molecule has 0 radical (unpaired) electrons. The number of amides is 1. The van der Waals surface area contributed by atoms with E-state index < -0.39 is 17.9 Å². The van der Waals surface area contributed by atoms with Crippen LogP contribution in [0.15, 0.2) is 36.5 Å². The zero-order chi connectivity index (χ0) is 16.3. The summed E-state index contributed by atoms with van der Waals surface area (Å²) in [6.45, 7) is 1.80. The second-order valence-electron chi connectivity index (χ2n) is 5.16. The van der Waals surface area contributed by atoms with Crippen LogP contribution in [0.5, 0.6) is 5.75 Å². The number of nitrogens with one attached hydrogen (secondary N) is 1. The predicted molar refractivity (Wildman–Crippen MR) is 80.9 cm³/mol. The van der Waals surface area contributed by atoms with E-state index in [9.17, 15) is 19.8 Å². The molecule has 0 aliphatic heterocycles. The van der Waals surface area contributed by atoms with Gasteiger partial charge in [0.25, 0.3) is 5.91 Å². The summed E-state index contributed by atoms with van der Waals surface area (Å²) in [5.74, 6) is -1.40. The molecule has 1 heterocycles. The van der Waals surface area contributed by atoms with E-state index >= 15 is 0 Å². The van der Waals surface area contributed by atoms with Gasteiger partial charge in [0.15, 0.2) is 0 Å². The number of benzene rings is 1. The Bertz CT molecular complexity index is 689.